The minimum absolute atomic E-state index is 0.716. The van der Waals surface area contributed by atoms with E-state index in [2.05, 4.69) is 37.9 Å². The van der Waals surface area contributed by atoms with Crippen LogP contribution in [-0.4, -0.2) is 36.1 Å². The molecule has 2 rings (SSSR count). The molecule has 2 nitrogen and oxygen atoms in total. The van der Waals surface area contributed by atoms with Gasteiger partial charge in [0.05, 0.1) is 0 Å². The molecule has 1 saturated carbocycles. The highest BCUT2D eigenvalue weighted by Crippen LogP contribution is 2.33. The van der Waals surface area contributed by atoms with E-state index in [0.717, 1.165) is 17.9 Å². The minimum Gasteiger partial charge on any atom is -0.311 e. The van der Waals surface area contributed by atoms with Crippen molar-refractivity contribution < 1.29 is 0 Å². The lowest BCUT2D eigenvalue weighted by molar-refractivity contribution is 0.0400. The van der Waals surface area contributed by atoms with Gasteiger partial charge in [-0.2, -0.15) is 0 Å². The third kappa shape index (κ3) is 3.23. The zero-order valence-electron chi connectivity index (χ0n) is 12.1. The van der Waals surface area contributed by atoms with E-state index in [-0.39, 0.29) is 0 Å². The minimum atomic E-state index is 0.716. The molecule has 1 heterocycles. The number of nitrogens with one attached hydrogen (secondary N) is 1. The van der Waals surface area contributed by atoms with E-state index in [4.69, 9.17) is 0 Å². The summed E-state index contributed by atoms with van der Waals surface area (Å²) in [6.07, 6.45) is 5.71. The standard InChI is InChI=1S/C15H30N2/c1-11(2)8-15-10-17(12(3)9-16-15)13(4)14-6-5-7-14/h11-16H,5-10H2,1-4H3. The van der Waals surface area contributed by atoms with E-state index < -0.39 is 0 Å². The summed E-state index contributed by atoms with van der Waals surface area (Å²) >= 11 is 0. The van der Waals surface area contributed by atoms with Crippen LogP contribution in [0, 0.1) is 11.8 Å². The van der Waals surface area contributed by atoms with Crippen LogP contribution >= 0.6 is 0 Å². The molecule has 100 valence electrons. The molecule has 0 aromatic rings. The Morgan fingerprint density at radius 1 is 1.24 bits per heavy atom. The van der Waals surface area contributed by atoms with Crippen molar-refractivity contribution in [1.82, 2.24) is 10.2 Å². The van der Waals surface area contributed by atoms with Gasteiger partial charge in [-0.3, -0.25) is 4.90 Å². The molecular formula is C15H30N2. The summed E-state index contributed by atoms with van der Waals surface area (Å²) in [5.74, 6) is 1.79. The molecular weight excluding hydrogens is 208 g/mol. The highest BCUT2D eigenvalue weighted by molar-refractivity contribution is 4.91. The molecule has 1 aliphatic carbocycles. The van der Waals surface area contributed by atoms with Crippen molar-refractivity contribution in [3.63, 3.8) is 0 Å². The molecule has 3 atom stereocenters. The van der Waals surface area contributed by atoms with Crippen molar-refractivity contribution in [1.29, 1.82) is 0 Å². The predicted octanol–water partition coefficient (Wildman–Crippen LogP) is 2.88. The SMILES string of the molecule is CC(C)CC1CN(C(C)C2CCC2)C(C)CN1. The Kier molecular flexibility index (Phi) is 4.48. The van der Waals surface area contributed by atoms with Crippen molar-refractivity contribution in [2.24, 2.45) is 11.8 Å². The normalized spacial score (nSPS) is 33.7. The predicted molar refractivity (Wildman–Crippen MR) is 74.2 cm³/mol. The lowest BCUT2D eigenvalue weighted by Gasteiger charge is -2.47. The summed E-state index contributed by atoms with van der Waals surface area (Å²) in [6.45, 7) is 11.9. The Hall–Kier alpha value is -0.0800. The van der Waals surface area contributed by atoms with Crippen LogP contribution in [0.1, 0.15) is 53.4 Å². The van der Waals surface area contributed by atoms with Crippen LogP contribution in [-0.2, 0) is 0 Å². The van der Waals surface area contributed by atoms with Gasteiger partial charge < -0.3 is 5.32 Å². The molecule has 3 unspecified atom stereocenters. The number of hydrogen-bond acceptors (Lipinski definition) is 2. The molecule has 0 aromatic heterocycles. The Morgan fingerprint density at radius 3 is 2.47 bits per heavy atom. The second kappa shape index (κ2) is 5.71. The monoisotopic (exact) mass is 238 g/mol. The average molecular weight is 238 g/mol. The van der Waals surface area contributed by atoms with Gasteiger partial charge in [0.2, 0.25) is 0 Å². The van der Waals surface area contributed by atoms with Crippen LogP contribution in [0.3, 0.4) is 0 Å². The second-order valence-electron chi connectivity index (χ2n) is 6.71. The summed E-state index contributed by atoms with van der Waals surface area (Å²) < 4.78 is 0. The first-order chi connectivity index (χ1) is 8.08. The lowest BCUT2D eigenvalue weighted by atomic mass is 9.79. The quantitative estimate of drug-likeness (QED) is 0.810. The van der Waals surface area contributed by atoms with E-state index in [9.17, 15) is 0 Å². The Balaban J connectivity index is 1.89. The van der Waals surface area contributed by atoms with E-state index >= 15 is 0 Å². The van der Waals surface area contributed by atoms with Crippen LogP contribution in [0.25, 0.3) is 0 Å². The van der Waals surface area contributed by atoms with Crippen LogP contribution in [0.2, 0.25) is 0 Å². The fourth-order valence-electron chi connectivity index (χ4n) is 3.44. The lowest BCUT2D eigenvalue weighted by Crippen LogP contribution is -2.59. The van der Waals surface area contributed by atoms with Crippen molar-refractivity contribution in [2.45, 2.75) is 71.5 Å². The molecule has 1 N–H and O–H groups in total. The van der Waals surface area contributed by atoms with Gasteiger partial charge in [-0.15, -0.1) is 0 Å². The fraction of sp³-hybridized carbons (Fsp3) is 1.00. The van der Waals surface area contributed by atoms with E-state index in [1.165, 1.54) is 38.8 Å². The van der Waals surface area contributed by atoms with Gasteiger partial charge >= 0.3 is 0 Å². The molecule has 0 spiro atoms. The molecule has 0 radical (unpaired) electrons. The third-order valence-corrected chi connectivity index (χ3v) is 4.81. The van der Waals surface area contributed by atoms with Gasteiger partial charge in [0.1, 0.15) is 0 Å². The molecule has 1 saturated heterocycles. The van der Waals surface area contributed by atoms with Gasteiger partial charge in [0.15, 0.2) is 0 Å². The summed E-state index contributed by atoms with van der Waals surface area (Å²) in [6, 6.07) is 2.23. The van der Waals surface area contributed by atoms with E-state index in [0.29, 0.717) is 12.1 Å². The molecule has 2 aliphatic rings. The van der Waals surface area contributed by atoms with Crippen molar-refractivity contribution in [3.05, 3.63) is 0 Å². The first-order valence-electron chi connectivity index (χ1n) is 7.57. The zero-order valence-corrected chi connectivity index (χ0v) is 12.1. The van der Waals surface area contributed by atoms with Crippen LogP contribution < -0.4 is 5.32 Å². The zero-order chi connectivity index (χ0) is 12.4. The summed E-state index contributed by atoms with van der Waals surface area (Å²) in [7, 11) is 0. The van der Waals surface area contributed by atoms with Crippen molar-refractivity contribution >= 4 is 0 Å². The summed E-state index contributed by atoms with van der Waals surface area (Å²) in [5, 5.41) is 3.72. The van der Waals surface area contributed by atoms with E-state index in [1.807, 2.05) is 0 Å². The largest absolute Gasteiger partial charge is 0.311 e. The Morgan fingerprint density at radius 2 is 1.94 bits per heavy atom. The maximum absolute atomic E-state index is 3.72. The Bertz CT molecular complexity index is 235. The van der Waals surface area contributed by atoms with Crippen LogP contribution in [0.15, 0.2) is 0 Å². The first-order valence-corrected chi connectivity index (χ1v) is 7.57. The number of hydrogen-bond donors (Lipinski definition) is 1. The first kappa shape index (κ1) is 13.4. The highest BCUT2D eigenvalue weighted by atomic mass is 15.3. The van der Waals surface area contributed by atoms with Crippen molar-refractivity contribution in [2.75, 3.05) is 13.1 Å². The molecule has 1 aliphatic heterocycles. The maximum atomic E-state index is 3.72. The fourth-order valence-corrected chi connectivity index (χ4v) is 3.44. The average Bonchev–Trinajstić information content (AvgIpc) is 2.17. The third-order valence-electron chi connectivity index (χ3n) is 4.81. The molecule has 0 amide bonds. The van der Waals surface area contributed by atoms with Crippen molar-refractivity contribution in [3.8, 4) is 0 Å². The second-order valence-corrected chi connectivity index (χ2v) is 6.71. The van der Waals surface area contributed by atoms with Gasteiger partial charge in [0, 0.05) is 31.2 Å². The molecule has 0 aromatic carbocycles. The molecule has 17 heavy (non-hydrogen) atoms. The van der Waals surface area contributed by atoms with Gasteiger partial charge in [-0.25, -0.2) is 0 Å². The van der Waals surface area contributed by atoms with Gasteiger partial charge in [-0.1, -0.05) is 20.3 Å². The Labute approximate surface area is 107 Å². The van der Waals surface area contributed by atoms with Gasteiger partial charge in [0.25, 0.3) is 0 Å². The van der Waals surface area contributed by atoms with Crippen LogP contribution in [0.4, 0.5) is 0 Å². The molecule has 2 fully saturated rings. The van der Waals surface area contributed by atoms with Gasteiger partial charge in [-0.05, 0) is 44.9 Å². The molecule has 0 bridgehead atoms. The number of piperazine rings is 1. The maximum Gasteiger partial charge on any atom is 0.0198 e. The number of rotatable bonds is 4. The van der Waals surface area contributed by atoms with Crippen LogP contribution in [0.5, 0.6) is 0 Å². The number of nitrogens with zero attached hydrogens (tertiary/aromatic N) is 1. The topological polar surface area (TPSA) is 15.3 Å². The molecule has 2 heteroatoms. The highest BCUT2D eigenvalue weighted by Gasteiger charge is 2.34. The summed E-state index contributed by atoms with van der Waals surface area (Å²) in [4.78, 5) is 2.77. The van der Waals surface area contributed by atoms with E-state index in [1.54, 1.807) is 0 Å². The smallest absolute Gasteiger partial charge is 0.0198 e. The summed E-state index contributed by atoms with van der Waals surface area (Å²) in [5.41, 5.74) is 0.